The van der Waals surface area contributed by atoms with Crippen molar-refractivity contribution >= 4 is 39.2 Å². The lowest BCUT2D eigenvalue weighted by Gasteiger charge is -2.01. The highest BCUT2D eigenvalue weighted by Crippen LogP contribution is 2.34. The minimum absolute atomic E-state index is 0.277. The van der Waals surface area contributed by atoms with Gasteiger partial charge in [-0.1, -0.05) is 0 Å². The standard InChI is InChI=1S/C11H13N3OS2/c1-6-7(2)17-11-9(6)10(13-5-14-11)16-4-3-8(12)15/h5H,3-4H2,1-2H3,(H2,12,15). The van der Waals surface area contributed by atoms with Crippen LogP contribution in [0.3, 0.4) is 0 Å². The lowest BCUT2D eigenvalue weighted by molar-refractivity contribution is -0.117. The Labute approximate surface area is 108 Å². The van der Waals surface area contributed by atoms with Crippen molar-refractivity contribution in [2.45, 2.75) is 25.3 Å². The summed E-state index contributed by atoms with van der Waals surface area (Å²) in [5, 5.41) is 2.06. The van der Waals surface area contributed by atoms with Crippen LogP contribution in [0.25, 0.3) is 10.2 Å². The predicted molar refractivity (Wildman–Crippen MR) is 71.4 cm³/mol. The molecule has 2 rings (SSSR count). The van der Waals surface area contributed by atoms with Crippen LogP contribution in [0.15, 0.2) is 11.4 Å². The van der Waals surface area contributed by atoms with Gasteiger partial charge in [-0.2, -0.15) is 0 Å². The number of nitrogens with zero attached hydrogens (tertiary/aromatic N) is 2. The molecule has 0 fully saturated rings. The zero-order chi connectivity index (χ0) is 12.4. The summed E-state index contributed by atoms with van der Waals surface area (Å²) in [6, 6.07) is 0. The summed E-state index contributed by atoms with van der Waals surface area (Å²) in [6.45, 7) is 4.16. The Balaban J connectivity index is 2.30. The number of amides is 1. The second kappa shape index (κ2) is 5.01. The smallest absolute Gasteiger partial charge is 0.218 e. The Morgan fingerprint density at radius 3 is 2.94 bits per heavy atom. The van der Waals surface area contributed by atoms with Gasteiger partial charge in [0.15, 0.2) is 0 Å². The van der Waals surface area contributed by atoms with Gasteiger partial charge in [-0.05, 0) is 19.4 Å². The van der Waals surface area contributed by atoms with Gasteiger partial charge in [-0.3, -0.25) is 4.79 Å². The summed E-state index contributed by atoms with van der Waals surface area (Å²) in [5.74, 6) is 0.386. The van der Waals surface area contributed by atoms with E-state index in [-0.39, 0.29) is 5.91 Å². The quantitative estimate of drug-likeness (QED) is 0.681. The van der Waals surface area contributed by atoms with Crippen molar-refractivity contribution in [2.24, 2.45) is 5.73 Å². The van der Waals surface area contributed by atoms with Crippen molar-refractivity contribution in [3.05, 3.63) is 16.8 Å². The Morgan fingerprint density at radius 1 is 1.47 bits per heavy atom. The Bertz CT molecular complexity index is 565. The van der Waals surface area contributed by atoms with Gasteiger partial charge in [0.2, 0.25) is 5.91 Å². The molecule has 0 aromatic carbocycles. The van der Waals surface area contributed by atoms with Gasteiger partial charge in [0.1, 0.15) is 16.2 Å². The zero-order valence-electron chi connectivity index (χ0n) is 9.69. The number of nitrogens with two attached hydrogens (primary N) is 1. The largest absolute Gasteiger partial charge is 0.370 e. The fraction of sp³-hybridized carbons (Fsp3) is 0.364. The van der Waals surface area contributed by atoms with Crippen molar-refractivity contribution in [3.8, 4) is 0 Å². The SMILES string of the molecule is Cc1sc2ncnc(SCCC(N)=O)c2c1C. The molecule has 6 heteroatoms. The van der Waals surface area contributed by atoms with E-state index in [0.717, 1.165) is 15.2 Å². The summed E-state index contributed by atoms with van der Waals surface area (Å²) in [4.78, 5) is 21.5. The molecule has 0 spiro atoms. The molecule has 0 radical (unpaired) electrons. The number of carbonyl (C=O) groups excluding carboxylic acids is 1. The van der Waals surface area contributed by atoms with Crippen LogP contribution in [0.2, 0.25) is 0 Å². The van der Waals surface area contributed by atoms with E-state index in [4.69, 9.17) is 5.73 Å². The molecule has 2 aromatic heterocycles. The highest BCUT2D eigenvalue weighted by molar-refractivity contribution is 7.99. The third kappa shape index (κ3) is 2.58. The van der Waals surface area contributed by atoms with Crippen LogP contribution in [0.4, 0.5) is 0 Å². The molecule has 0 saturated heterocycles. The molecule has 0 unspecified atom stereocenters. The van der Waals surface area contributed by atoms with Crippen molar-refractivity contribution in [2.75, 3.05) is 5.75 Å². The number of rotatable bonds is 4. The van der Waals surface area contributed by atoms with Gasteiger partial charge >= 0.3 is 0 Å². The molecule has 2 aromatic rings. The predicted octanol–water partition coefficient (Wildman–Crippen LogP) is 2.28. The zero-order valence-corrected chi connectivity index (χ0v) is 11.3. The normalized spacial score (nSPS) is 10.9. The van der Waals surface area contributed by atoms with Crippen LogP contribution in [0.1, 0.15) is 16.9 Å². The molecule has 0 aliphatic heterocycles. The second-order valence-corrected chi connectivity index (χ2v) is 5.99. The van der Waals surface area contributed by atoms with Gasteiger partial charge in [0, 0.05) is 22.4 Å². The van der Waals surface area contributed by atoms with E-state index in [1.165, 1.54) is 10.4 Å². The maximum Gasteiger partial charge on any atom is 0.218 e. The molecule has 1 amide bonds. The molecule has 0 bridgehead atoms. The van der Waals surface area contributed by atoms with E-state index >= 15 is 0 Å². The first-order valence-corrected chi connectivity index (χ1v) is 7.01. The van der Waals surface area contributed by atoms with Crippen molar-refractivity contribution in [1.82, 2.24) is 9.97 Å². The van der Waals surface area contributed by atoms with Crippen molar-refractivity contribution < 1.29 is 4.79 Å². The number of thiophene rings is 1. The van der Waals surface area contributed by atoms with E-state index < -0.39 is 0 Å². The number of aromatic nitrogens is 2. The fourth-order valence-electron chi connectivity index (χ4n) is 1.51. The Morgan fingerprint density at radius 2 is 2.24 bits per heavy atom. The second-order valence-electron chi connectivity index (χ2n) is 3.71. The molecule has 0 atom stereocenters. The van der Waals surface area contributed by atoms with Crippen LogP contribution in [0.5, 0.6) is 0 Å². The third-order valence-corrected chi connectivity index (χ3v) is 4.62. The van der Waals surface area contributed by atoms with Gasteiger partial charge in [0.05, 0.1) is 0 Å². The molecule has 17 heavy (non-hydrogen) atoms. The first-order chi connectivity index (χ1) is 8.09. The number of fused-ring (bicyclic) bond motifs is 1. The van der Waals surface area contributed by atoms with Gasteiger partial charge in [-0.25, -0.2) is 9.97 Å². The number of aryl methyl sites for hydroxylation is 2. The summed E-state index contributed by atoms with van der Waals surface area (Å²) < 4.78 is 0. The fourth-order valence-corrected chi connectivity index (χ4v) is 3.58. The summed E-state index contributed by atoms with van der Waals surface area (Å²) in [7, 11) is 0. The van der Waals surface area contributed by atoms with Crippen LogP contribution in [0, 0.1) is 13.8 Å². The molecular weight excluding hydrogens is 254 g/mol. The molecular formula is C11H13N3OS2. The molecule has 0 saturated carbocycles. The van der Waals surface area contributed by atoms with Crippen LogP contribution >= 0.6 is 23.1 Å². The summed E-state index contributed by atoms with van der Waals surface area (Å²) in [5.41, 5.74) is 6.35. The first kappa shape index (κ1) is 12.3. The number of primary amides is 1. The highest BCUT2D eigenvalue weighted by Gasteiger charge is 2.12. The minimum atomic E-state index is -0.277. The minimum Gasteiger partial charge on any atom is -0.370 e. The molecule has 2 N–H and O–H groups in total. The monoisotopic (exact) mass is 267 g/mol. The van der Waals surface area contributed by atoms with Gasteiger partial charge in [0.25, 0.3) is 0 Å². The van der Waals surface area contributed by atoms with E-state index in [9.17, 15) is 4.79 Å². The maximum atomic E-state index is 10.7. The average Bonchev–Trinajstić information content (AvgIpc) is 2.55. The van der Waals surface area contributed by atoms with Crippen molar-refractivity contribution in [3.63, 3.8) is 0 Å². The van der Waals surface area contributed by atoms with E-state index in [1.807, 2.05) is 0 Å². The number of hydrogen-bond donors (Lipinski definition) is 1. The first-order valence-electron chi connectivity index (χ1n) is 5.21. The summed E-state index contributed by atoms with van der Waals surface area (Å²) >= 11 is 3.24. The Kier molecular flexibility index (Phi) is 3.63. The lowest BCUT2D eigenvalue weighted by atomic mass is 10.2. The van der Waals surface area contributed by atoms with Gasteiger partial charge in [-0.15, -0.1) is 23.1 Å². The van der Waals surface area contributed by atoms with E-state index in [1.54, 1.807) is 29.4 Å². The number of hydrogen-bond acceptors (Lipinski definition) is 5. The van der Waals surface area contributed by atoms with Crippen LogP contribution < -0.4 is 5.73 Å². The average molecular weight is 267 g/mol. The maximum absolute atomic E-state index is 10.7. The number of thioether (sulfide) groups is 1. The summed E-state index contributed by atoms with van der Waals surface area (Å²) in [6.07, 6.45) is 1.95. The Hall–Kier alpha value is -1.14. The molecule has 0 aliphatic rings. The molecule has 2 heterocycles. The molecule has 4 nitrogen and oxygen atoms in total. The van der Waals surface area contributed by atoms with Crippen LogP contribution in [-0.4, -0.2) is 21.6 Å². The number of carbonyl (C=O) groups is 1. The molecule has 0 aliphatic carbocycles. The van der Waals surface area contributed by atoms with Gasteiger partial charge < -0.3 is 5.73 Å². The van der Waals surface area contributed by atoms with Crippen LogP contribution in [-0.2, 0) is 4.79 Å². The third-order valence-electron chi connectivity index (χ3n) is 2.52. The lowest BCUT2D eigenvalue weighted by Crippen LogP contribution is -2.10. The van der Waals surface area contributed by atoms with Crippen molar-refractivity contribution in [1.29, 1.82) is 0 Å². The van der Waals surface area contributed by atoms with E-state index in [0.29, 0.717) is 12.2 Å². The highest BCUT2D eigenvalue weighted by atomic mass is 32.2. The molecule has 90 valence electrons. The topological polar surface area (TPSA) is 68.9 Å². The van der Waals surface area contributed by atoms with E-state index in [2.05, 4.69) is 23.8 Å².